The summed E-state index contributed by atoms with van der Waals surface area (Å²) in [5.74, 6) is 0. The molecule has 0 aliphatic heterocycles. The first-order valence-corrected chi connectivity index (χ1v) is 6.59. The van der Waals surface area contributed by atoms with E-state index in [-0.39, 0.29) is 0 Å². The molecule has 2 heteroatoms. The number of nitrogens with zero attached hydrogens (tertiary/aromatic N) is 1. The van der Waals surface area contributed by atoms with Crippen molar-refractivity contribution in [2.45, 2.75) is 6.42 Å². The standard InChI is InChI=1S/C10H7N.C8H7N/c11-7-9-5-1-3-8-4-2-6-10(8)9;1-2-4-8-7(3-1)5-6-9-8/h1-3,5-6H,4H2;1-6,9H. The molecule has 0 atom stereocenters. The smallest absolute Gasteiger partial charge is 0.0998 e. The fraction of sp³-hybridized carbons (Fsp3) is 0.0556. The number of allylic oxidation sites excluding steroid dienone is 1. The van der Waals surface area contributed by atoms with E-state index in [1.807, 2.05) is 36.5 Å². The minimum Gasteiger partial charge on any atom is -0.361 e. The molecule has 4 rings (SSSR count). The number of para-hydroxylation sites is 1. The van der Waals surface area contributed by atoms with Crippen molar-refractivity contribution in [1.82, 2.24) is 4.98 Å². The highest BCUT2D eigenvalue weighted by atomic mass is 14.7. The van der Waals surface area contributed by atoms with E-state index in [1.165, 1.54) is 16.5 Å². The van der Waals surface area contributed by atoms with Crippen LogP contribution in [0.3, 0.4) is 0 Å². The van der Waals surface area contributed by atoms with Crippen molar-refractivity contribution in [3.8, 4) is 6.07 Å². The van der Waals surface area contributed by atoms with Crippen molar-refractivity contribution in [3.05, 3.63) is 77.5 Å². The molecule has 0 saturated carbocycles. The summed E-state index contributed by atoms with van der Waals surface area (Å²) in [5.41, 5.74) is 4.37. The molecule has 2 aromatic carbocycles. The Morgan fingerprint density at radius 1 is 1.00 bits per heavy atom. The number of H-pyrrole nitrogens is 1. The largest absolute Gasteiger partial charge is 0.361 e. The molecule has 96 valence electrons. The quantitative estimate of drug-likeness (QED) is 0.641. The van der Waals surface area contributed by atoms with Crippen LogP contribution >= 0.6 is 0 Å². The van der Waals surface area contributed by atoms with Gasteiger partial charge in [-0.05, 0) is 41.1 Å². The first kappa shape index (κ1) is 12.3. The molecule has 20 heavy (non-hydrogen) atoms. The fourth-order valence-corrected chi connectivity index (χ4v) is 2.38. The first-order valence-electron chi connectivity index (χ1n) is 6.59. The summed E-state index contributed by atoms with van der Waals surface area (Å²) in [7, 11) is 0. The number of benzene rings is 2. The average molecular weight is 258 g/mol. The highest BCUT2D eigenvalue weighted by Gasteiger charge is 2.07. The second-order valence-electron chi connectivity index (χ2n) is 4.66. The SMILES string of the molecule is N#Cc1cccc2c1C=CC2.c1ccc2[nH]ccc2c1. The molecule has 0 bridgehead atoms. The third kappa shape index (κ3) is 2.34. The van der Waals surface area contributed by atoms with Crippen LogP contribution in [0.2, 0.25) is 0 Å². The molecule has 1 aromatic heterocycles. The zero-order valence-electron chi connectivity index (χ0n) is 11.0. The number of nitrogens with one attached hydrogen (secondary N) is 1. The lowest BCUT2D eigenvalue weighted by Crippen LogP contribution is -1.84. The maximum absolute atomic E-state index is 8.72. The minimum atomic E-state index is 0.788. The zero-order valence-corrected chi connectivity index (χ0v) is 11.0. The summed E-state index contributed by atoms with van der Waals surface area (Å²) < 4.78 is 0. The van der Waals surface area contributed by atoms with Gasteiger partial charge in [0.1, 0.15) is 0 Å². The van der Waals surface area contributed by atoms with E-state index in [1.54, 1.807) is 0 Å². The monoisotopic (exact) mass is 258 g/mol. The van der Waals surface area contributed by atoms with Gasteiger partial charge >= 0.3 is 0 Å². The van der Waals surface area contributed by atoms with E-state index in [0.717, 1.165) is 17.5 Å². The fourth-order valence-electron chi connectivity index (χ4n) is 2.38. The van der Waals surface area contributed by atoms with Crippen LogP contribution in [0, 0.1) is 11.3 Å². The van der Waals surface area contributed by atoms with Gasteiger partial charge in [-0.2, -0.15) is 5.26 Å². The molecule has 0 amide bonds. The lowest BCUT2D eigenvalue weighted by molar-refractivity contribution is 1.30. The second-order valence-corrected chi connectivity index (χ2v) is 4.66. The Kier molecular flexibility index (Phi) is 3.34. The summed E-state index contributed by atoms with van der Waals surface area (Å²) in [4.78, 5) is 3.12. The van der Waals surface area contributed by atoms with Crippen LogP contribution in [0.15, 0.2) is 60.8 Å². The lowest BCUT2D eigenvalue weighted by Gasteiger charge is -1.98. The zero-order chi connectivity index (χ0) is 13.8. The summed E-state index contributed by atoms with van der Waals surface area (Å²) in [6.07, 6.45) is 7.04. The predicted octanol–water partition coefficient (Wildman–Crippen LogP) is 4.30. The Bertz CT molecular complexity index is 773. The van der Waals surface area contributed by atoms with Gasteiger partial charge in [-0.3, -0.25) is 0 Å². The molecule has 1 N–H and O–H groups in total. The number of nitriles is 1. The predicted molar refractivity (Wildman–Crippen MR) is 82.2 cm³/mol. The number of aromatic nitrogens is 1. The van der Waals surface area contributed by atoms with Gasteiger partial charge in [-0.15, -0.1) is 0 Å². The van der Waals surface area contributed by atoms with Gasteiger partial charge in [0.05, 0.1) is 11.6 Å². The Hall–Kier alpha value is -2.79. The van der Waals surface area contributed by atoms with Crippen LogP contribution in [0.1, 0.15) is 16.7 Å². The van der Waals surface area contributed by atoms with Gasteiger partial charge in [0.25, 0.3) is 0 Å². The highest BCUT2D eigenvalue weighted by molar-refractivity contribution is 5.78. The lowest BCUT2D eigenvalue weighted by atomic mass is 10.0. The van der Waals surface area contributed by atoms with Crippen molar-refractivity contribution in [2.24, 2.45) is 0 Å². The molecule has 0 spiro atoms. The van der Waals surface area contributed by atoms with Crippen molar-refractivity contribution < 1.29 is 0 Å². The third-order valence-corrected chi connectivity index (χ3v) is 3.40. The van der Waals surface area contributed by atoms with E-state index in [2.05, 4.69) is 41.4 Å². The summed E-state index contributed by atoms with van der Waals surface area (Å²) >= 11 is 0. The number of rotatable bonds is 0. The van der Waals surface area contributed by atoms with Crippen LogP contribution in [-0.2, 0) is 6.42 Å². The van der Waals surface area contributed by atoms with E-state index in [9.17, 15) is 0 Å². The Morgan fingerprint density at radius 2 is 1.90 bits per heavy atom. The molecular weight excluding hydrogens is 244 g/mol. The molecule has 1 aliphatic carbocycles. The van der Waals surface area contributed by atoms with Crippen LogP contribution < -0.4 is 0 Å². The van der Waals surface area contributed by atoms with Gasteiger partial charge in [0.15, 0.2) is 0 Å². The average Bonchev–Trinajstić information content (AvgIpc) is 3.16. The summed E-state index contributed by atoms with van der Waals surface area (Å²) in [5, 5.41) is 9.99. The molecule has 2 nitrogen and oxygen atoms in total. The van der Waals surface area contributed by atoms with E-state index < -0.39 is 0 Å². The van der Waals surface area contributed by atoms with E-state index >= 15 is 0 Å². The normalized spacial score (nSPS) is 11.6. The maximum Gasteiger partial charge on any atom is 0.0998 e. The third-order valence-electron chi connectivity index (χ3n) is 3.40. The van der Waals surface area contributed by atoms with Crippen molar-refractivity contribution >= 4 is 17.0 Å². The van der Waals surface area contributed by atoms with Crippen LogP contribution in [-0.4, -0.2) is 4.98 Å². The molecule has 3 aromatic rings. The first-order chi connectivity index (χ1) is 9.88. The minimum absolute atomic E-state index is 0.788. The van der Waals surface area contributed by atoms with Gasteiger partial charge < -0.3 is 4.98 Å². The van der Waals surface area contributed by atoms with Gasteiger partial charge in [0, 0.05) is 11.7 Å². The van der Waals surface area contributed by atoms with Gasteiger partial charge in [-0.1, -0.05) is 42.5 Å². The molecule has 1 heterocycles. The molecular formula is C18H14N2. The number of aromatic amines is 1. The van der Waals surface area contributed by atoms with Crippen molar-refractivity contribution in [3.63, 3.8) is 0 Å². The number of hydrogen-bond acceptors (Lipinski definition) is 1. The molecule has 0 unspecified atom stereocenters. The summed E-state index contributed by atoms with van der Waals surface area (Å²) in [6.45, 7) is 0. The van der Waals surface area contributed by atoms with Crippen LogP contribution in [0.4, 0.5) is 0 Å². The second kappa shape index (κ2) is 5.46. The highest BCUT2D eigenvalue weighted by Crippen LogP contribution is 2.22. The van der Waals surface area contributed by atoms with Crippen LogP contribution in [0.25, 0.3) is 17.0 Å². The van der Waals surface area contributed by atoms with Crippen molar-refractivity contribution in [1.29, 1.82) is 5.26 Å². The van der Waals surface area contributed by atoms with Gasteiger partial charge in [-0.25, -0.2) is 0 Å². The Morgan fingerprint density at radius 3 is 2.75 bits per heavy atom. The maximum atomic E-state index is 8.72. The van der Waals surface area contributed by atoms with Crippen LogP contribution in [0.5, 0.6) is 0 Å². The molecule has 0 fully saturated rings. The summed E-state index contributed by atoms with van der Waals surface area (Å²) in [6, 6.07) is 18.3. The van der Waals surface area contributed by atoms with E-state index in [0.29, 0.717) is 0 Å². The van der Waals surface area contributed by atoms with Gasteiger partial charge in [0.2, 0.25) is 0 Å². The molecule has 0 saturated heterocycles. The number of hydrogen-bond donors (Lipinski definition) is 1. The Labute approximate surface area is 118 Å². The van der Waals surface area contributed by atoms with Crippen molar-refractivity contribution in [2.75, 3.05) is 0 Å². The Balaban J connectivity index is 0.000000123. The number of fused-ring (bicyclic) bond motifs is 2. The molecule has 1 aliphatic rings. The topological polar surface area (TPSA) is 39.6 Å². The molecule has 0 radical (unpaired) electrons. The van der Waals surface area contributed by atoms with E-state index in [4.69, 9.17) is 5.26 Å².